The molecular formula is C46H76O12S. The average Bonchev–Trinajstić information content (AvgIpc) is 3.20. The van der Waals surface area contributed by atoms with E-state index in [4.69, 9.17) is 23.5 Å². The quantitative estimate of drug-likeness (QED) is 0.0204. The number of hydrogen-bond donors (Lipinski definition) is 4. The summed E-state index contributed by atoms with van der Waals surface area (Å²) >= 11 is 0. The van der Waals surface area contributed by atoms with E-state index in [1.54, 1.807) is 0 Å². The molecule has 0 spiro atoms. The molecule has 1 aliphatic rings. The lowest BCUT2D eigenvalue weighted by atomic mass is 9.99. The van der Waals surface area contributed by atoms with E-state index < -0.39 is 59.8 Å². The Balaban J connectivity index is 2.45. The van der Waals surface area contributed by atoms with Crippen LogP contribution in [0.5, 0.6) is 0 Å². The fourth-order valence-corrected chi connectivity index (χ4v) is 6.52. The fourth-order valence-electron chi connectivity index (χ4n) is 6.01. The molecule has 12 nitrogen and oxygen atoms in total. The van der Waals surface area contributed by atoms with Crippen LogP contribution in [0.15, 0.2) is 85.1 Å². The van der Waals surface area contributed by atoms with E-state index >= 15 is 0 Å². The number of rotatable bonds is 36. The number of hydrogen-bond acceptors (Lipinski definition) is 11. The van der Waals surface area contributed by atoms with Gasteiger partial charge in [0, 0.05) is 13.0 Å². The summed E-state index contributed by atoms with van der Waals surface area (Å²) in [6.45, 7) is 3.75. The summed E-state index contributed by atoms with van der Waals surface area (Å²) in [4.78, 5) is 12.8. The number of carbonyl (C=O) groups excluding carboxylic acids is 1. The Morgan fingerprint density at radius 3 is 1.64 bits per heavy atom. The zero-order chi connectivity index (χ0) is 43.2. The molecule has 1 saturated heterocycles. The molecule has 6 atom stereocenters. The lowest BCUT2D eigenvalue weighted by Crippen LogP contribution is -2.60. The number of aliphatic hydroxyl groups is 3. The topological polar surface area (TPSA) is 178 Å². The molecule has 1 rings (SSSR count). The zero-order valence-corrected chi connectivity index (χ0v) is 36.6. The maximum Gasteiger partial charge on any atom is 0.397 e. The van der Waals surface area contributed by atoms with Crippen molar-refractivity contribution in [1.82, 2.24) is 0 Å². The number of ether oxygens (including phenoxy) is 4. The SMILES string of the molecule is CC/C=C\C/C=C\C/C=C\C/C=C\C/C=C\C/C=C\C/C=C\CCCC(=O)OC(COCCCCCCCCCCC)COC1OC(CO)C(O)C(OS(=O)(=O)O)C1O. The van der Waals surface area contributed by atoms with E-state index in [2.05, 4.69) is 97.0 Å². The van der Waals surface area contributed by atoms with Crippen molar-refractivity contribution in [3.8, 4) is 0 Å². The molecule has 1 aliphatic heterocycles. The van der Waals surface area contributed by atoms with E-state index in [0.717, 1.165) is 64.2 Å². The van der Waals surface area contributed by atoms with Crippen LogP contribution in [0, 0.1) is 0 Å². The highest BCUT2D eigenvalue weighted by molar-refractivity contribution is 7.80. The molecule has 0 aromatic heterocycles. The van der Waals surface area contributed by atoms with Gasteiger partial charge in [0.1, 0.15) is 30.5 Å². The molecule has 59 heavy (non-hydrogen) atoms. The van der Waals surface area contributed by atoms with Gasteiger partial charge in [-0.25, -0.2) is 4.18 Å². The average molecular weight is 853 g/mol. The molecule has 13 heteroatoms. The first-order chi connectivity index (χ1) is 28.6. The van der Waals surface area contributed by atoms with Crippen LogP contribution in [0.25, 0.3) is 0 Å². The predicted molar refractivity (Wildman–Crippen MR) is 234 cm³/mol. The third-order valence-electron chi connectivity index (χ3n) is 9.28. The summed E-state index contributed by atoms with van der Waals surface area (Å²) in [7, 11) is -5.07. The third kappa shape index (κ3) is 30.9. The van der Waals surface area contributed by atoms with Gasteiger partial charge in [0.2, 0.25) is 0 Å². The van der Waals surface area contributed by atoms with Gasteiger partial charge in [0.25, 0.3) is 0 Å². The van der Waals surface area contributed by atoms with Gasteiger partial charge in [-0.3, -0.25) is 9.35 Å². The summed E-state index contributed by atoms with van der Waals surface area (Å²) in [6, 6.07) is 0. The van der Waals surface area contributed by atoms with Crippen LogP contribution < -0.4 is 0 Å². The van der Waals surface area contributed by atoms with E-state index in [0.29, 0.717) is 19.4 Å². The van der Waals surface area contributed by atoms with Gasteiger partial charge < -0.3 is 34.3 Å². The maximum absolute atomic E-state index is 12.8. The number of allylic oxidation sites excluding steroid dienone is 14. The highest BCUT2D eigenvalue weighted by atomic mass is 32.3. The first-order valence-corrected chi connectivity index (χ1v) is 23.2. The molecule has 4 N–H and O–H groups in total. The van der Waals surface area contributed by atoms with Crippen molar-refractivity contribution < 1.29 is 56.2 Å². The molecule has 1 heterocycles. The van der Waals surface area contributed by atoms with Gasteiger partial charge in [0.15, 0.2) is 6.29 Å². The van der Waals surface area contributed by atoms with Gasteiger partial charge in [-0.15, -0.1) is 0 Å². The molecule has 0 saturated carbocycles. The second-order valence-electron chi connectivity index (χ2n) is 14.6. The van der Waals surface area contributed by atoms with Crippen LogP contribution in [0.2, 0.25) is 0 Å². The fraction of sp³-hybridized carbons (Fsp3) is 0.674. The molecule has 0 bridgehead atoms. The van der Waals surface area contributed by atoms with Crippen molar-refractivity contribution >= 4 is 16.4 Å². The van der Waals surface area contributed by atoms with Gasteiger partial charge >= 0.3 is 16.4 Å². The molecule has 0 aliphatic carbocycles. The summed E-state index contributed by atoms with van der Waals surface area (Å²) < 4.78 is 58.8. The van der Waals surface area contributed by atoms with E-state index in [-0.39, 0.29) is 19.6 Å². The number of unbranched alkanes of at least 4 members (excludes halogenated alkanes) is 9. The van der Waals surface area contributed by atoms with Crippen LogP contribution in [0.3, 0.4) is 0 Å². The lowest BCUT2D eigenvalue weighted by Gasteiger charge is -2.41. The van der Waals surface area contributed by atoms with Crippen molar-refractivity contribution in [3.63, 3.8) is 0 Å². The standard InChI is InChI=1S/C46H76O12S/c1-3-5-7-9-11-13-14-15-16-17-18-19-20-21-22-23-24-25-26-27-29-31-33-35-42(48)56-40(38-54-36-34-32-30-28-12-10-8-6-4-2)39-55-46-44(50)45(58-59(51,52)53)43(49)41(37-47)57-46/h5,7,11,13,15-16,18-19,21-22,24-25,27,29,40-41,43-47,49-50H,3-4,6,8-10,12,14,17,20,23,26,28,30-39H2,1-2H3,(H,51,52,53)/b7-5-,13-11-,16-15-,19-18-,22-21-,25-24-,29-27-. The third-order valence-corrected chi connectivity index (χ3v) is 9.75. The van der Waals surface area contributed by atoms with Crippen molar-refractivity contribution in [2.45, 2.75) is 173 Å². The zero-order valence-electron chi connectivity index (χ0n) is 35.8. The first kappa shape index (κ1) is 54.3. The second kappa shape index (κ2) is 37.1. The van der Waals surface area contributed by atoms with Gasteiger partial charge in [-0.1, -0.05) is 150 Å². The van der Waals surface area contributed by atoms with Crippen LogP contribution in [0.4, 0.5) is 0 Å². The largest absolute Gasteiger partial charge is 0.457 e. The number of aliphatic hydroxyl groups excluding tert-OH is 3. The first-order valence-electron chi connectivity index (χ1n) is 21.8. The minimum Gasteiger partial charge on any atom is -0.457 e. The van der Waals surface area contributed by atoms with E-state index in [1.807, 2.05) is 6.08 Å². The highest BCUT2D eigenvalue weighted by Crippen LogP contribution is 2.26. The molecule has 1 fully saturated rings. The maximum atomic E-state index is 12.8. The Morgan fingerprint density at radius 1 is 0.661 bits per heavy atom. The van der Waals surface area contributed by atoms with Crippen LogP contribution in [-0.4, -0.2) is 97.5 Å². The Kier molecular flexibility index (Phi) is 34.1. The highest BCUT2D eigenvalue weighted by Gasteiger charge is 2.48. The van der Waals surface area contributed by atoms with E-state index in [9.17, 15) is 28.5 Å². The molecule has 0 aromatic carbocycles. The van der Waals surface area contributed by atoms with E-state index in [1.165, 1.54) is 38.5 Å². The molecule has 0 amide bonds. The van der Waals surface area contributed by atoms with Crippen LogP contribution in [-0.2, 0) is 38.3 Å². The number of esters is 1. The Hall–Kier alpha value is -2.72. The molecule has 0 radical (unpaired) electrons. The molecular weight excluding hydrogens is 777 g/mol. The summed E-state index contributed by atoms with van der Waals surface area (Å²) in [6.07, 6.45) is 39.2. The molecule has 0 aromatic rings. The normalized spacial score (nSPS) is 21.2. The van der Waals surface area contributed by atoms with Crippen LogP contribution in [0.1, 0.15) is 136 Å². The summed E-state index contributed by atoms with van der Waals surface area (Å²) in [5, 5.41) is 30.6. The van der Waals surface area contributed by atoms with Gasteiger partial charge in [-0.2, -0.15) is 8.42 Å². The monoisotopic (exact) mass is 853 g/mol. The van der Waals surface area contributed by atoms with Gasteiger partial charge in [0.05, 0.1) is 19.8 Å². The molecule has 338 valence electrons. The Bertz CT molecular complexity index is 1350. The smallest absolute Gasteiger partial charge is 0.397 e. The summed E-state index contributed by atoms with van der Waals surface area (Å²) in [5.41, 5.74) is 0. The van der Waals surface area contributed by atoms with Crippen LogP contribution >= 0.6 is 0 Å². The van der Waals surface area contributed by atoms with Gasteiger partial charge in [-0.05, 0) is 64.2 Å². The van der Waals surface area contributed by atoms with Crippen molar-refractivity contribution in [2.75, 3.05) is 26.4 Å². The Morgan fingerprint density at radius 2 is 1.15 bits per heavy atom. The minimum atomic E-state index is -5.07. The van der Waals surface area contributed by atoms with Crippen molar-refractivity contribution in [1.29, 1.82) is 0 Å². The van der Waals surface area contributed by atoms with Crippen molar-refractivity contribution in [3.05, 3.63) is 85.1 Å². The number of carbonyl (C=O) groups is 1. The van der Waals surface area contributed by atoms with Crippen molar-refractivity contribution in [2.24, 2.45) is 0 Å². The molecule has 6 unspecified atom stereocenters. The Labute approximate surface area is 355 Å². The minimum absolute atomic E-state index is 0.00837. The predicted octanol–water partition coefficient (Wildman–Crippen LogP) is 8.90. The second-order valence-corrected chi connectivity index (χ2v) is 15.6. The lowest BCUT2D eigenvalue weighted by molar-refractivity contribution is -0.301. The summed E-state index contributed by atoms with van der Waals surface area (Å²) in [5.74, 6) is -0.461.